The Labute approximate surface area is 175 Å². The number of hydrogen-bond donors (Lipinski definition) is 1. The Hall–Kier alpha value is -2.15. The van der Waals surface area contributed by atoms with Crippen molar-refractivity contribution in [1.29, 1.82) is 0 Å². The van der Waals surface area contributed by atoms with E-state index in [1.165, 1.54) is 0 Å². The van der Waals surface area contributed by atoms with Crippen LogP contribution in [-0.2, 0) is 11.3 Å². The maximum Gasteiger partial charge on any atom is 0.241 e. The summed E-state index contributed by atoms with van der Waals surface area (Å²) in [5.41, 5.74) is 1.42. The van der Waals surface area contributed by atoms with Crippen molar-refractivity contribution in [2.75, 3.05) is 33.7 Å². The highest BCUT2D eigenvalue weighted by Crippen LogP contribution is 2.40. The van der Waals surface area contributed by atoms with Gasteiger partial charge >= 0.3 is 0 Å². The molecule has 1 N–H and O–H groups in total. The van der Waals surface area contributed by atoms with Crippen molar-refractivity contribution in [2.24, 2.45) is 0 Å². The van der Waals surface area contributed by atoms with Gasteiger partial charge in [0.1, 0.15) is 0 Å². The van der Waals surface area contributed by atoms with E-state index in [9.17, 15) is 4.79 Å². The van der Waals surface area contributed by atoms with Crippen LogP contribution >= 0.6 is 23.2 Å². The molecule has 1 atom stereocenters. The molecule has 0 saturated heterocycles. The minimum absolute atomic E-state index is 0.180. The summed E-state index contributed by atoms with van der Waals surface area (Å²) in [7, 11) is 6.54. The molecule has 0 fully saturated rings. The van der Waals surface area contributed by atoms with Crippen LogP contribution in [0, 0.1) is 0 Å². The molecule has 6 nitrogen and oxygen atoms in total. The highest BCUT2D eigenvalue weighted by molar-refractivity contribution is 6.35. The van der Waals surface area contributed by atoms with E-state index in [1.54, 1.807) is 39.5 Å². The third-order valence-corrected chi connectivity index (χ3v) is 4.81. The van der Waals surface area contributed by atoms with Gasteiger partial charge in [0.05, 0.1) is 27.4 Å². The van der Waals surface area contributed by atoms with Crippen LogP contribution in [-0.4, -0.2) is 45.2 Å². The van der Waals surface area contributed by atoms with Gasteiger partial charge in [0.15, 0.2) is 11.5 Å². The van der Waals surface area contributed by atoms with E-state index in [2.05, 4.69) is 5.32 Å². The minimum atomic E-state index is -0.421. The number of benzene rings is 2. The highest BCUT2D eigenvalue weighted by Gasteiger charge is 2.22. The highest BCUT2D eigenvalue weighted by atomic mass is 35.5. The van der Waals surface area contributed by atoms with Crippen molar-refractivity contribution >= 4 is 34.8 Å². The molecule has 2 aromatic carbocycles. The molecule has 2 rings (SSSR count). The zero-order chi connectivity index (χ0) is 20.8. The number of rotatable bonds is 8. The van der Waals surface area contributed by atoms with E-state index < -0.39 is 6.04 Å². The first-order valence-corrected chi connectivity index (χ1v) is 9.31. The molecule has 1 amide bonds. The fourth-order valence-electron chi connectivity index (χ4n) is 2.77. The number of methoxy groups -OCH3 is 3. The quantitative estimate of drug-likeness (QED) is 0.673. The number of halogens is 2. The van der Waals surface area contributed by atoms with Gasteiger partial charge in [-0.3, -0.25) is 9.69 Å². The van der Waals surface area contributed by atoms with E-state index >= 15 is 0 Å². The molecule has 0 aromatic heterocycles. The standard InChI is InChI=1S/C20H24Cl2N2O4/c1-12(20(25)23-16-9-14(21)8-15(22)10-16)24(2)11-13-6-7-17(26-3)19(28-5)18(13)27-4/h6-10,12H,11H2,1-5H3,(H,23,25)/t12-/m1/s1. The molecule has 152 valence electrons. The van der Waals surface area contributed by atoms with Crippen molar-refractivity contribution in [3.63, 3.8) is 0 Å². The third kappa shape index (κ3) is 5.22. The summed E-state index contributed by atoms with van der Waals surface area (Å²) < 4.78 is 16.2. The normalized spacial score (nSPS) is 11.9. The number of ether oxygens (including phenoxy) is 3. The first kappa shape index (κ1) is 22.1. The van der Waals surface area contributed by atoms with Gasteiger partial charge in [-0.1, -0.05) is 29.3 Å². The van der Waals surface area contributed by atoms with Gasteiger partial charge in [-0.2, -0.15) is 0 Å². The maximum atomic E-state index is 12.6. The van der Waals surface area contributed by atoms with E-state index in [4.69, 9.17) is 37.4 Å². The fourth-order valence-corrected chi connectivity index (χ4v) is 3.29. The predicted molar refractivity (Wildman–Crippen MR) is 112 cm³/mol. The van der Waals surface area contributed by atoms with Crippen molar-refractivity contribution in [1.82, 2.24) is 4.90 Å². The average molecular weight is 427 g/mol. The van der Waals surface area contributed by atoms with Gasteiger partial charge < -0.3 is 19.5 Å². The van der Waals surface area contributed by atoms with Crippen LogP contribution < -0.4 is 19.5 Å². The average Bonchev–Trinajstić information content (AvgIpc) is 2.65. The van der Waals surface area contributed by atoms with Crippen molar-refractivity contribution in [3.8, 4) is 17.2 Å². The molecule has 0 aliphatic carbocycles. The lowest BCUT2D eigenvalue weighted by Gasteiger charge is -2.25. The number of hydrogen-bond acceptors (Lipinski definition) is 5. The molecule has 8 heteroatoms. The van der Waals surface area contributed by atoms with Crippen molar-refractivity contribution < 1.29 is 19.0 Å². The second-order valence-electron chi connectivity index (χ2n) is 6.23. The number of carbonyl (C=O) groups is 1. The van der Waals surface area contributed by atoms with Crippen LogP contribution in [0.15, 0.2) is 30.3 Å². The van der Waals surface area contributed by atoms with Crippen LogP contribution in [0.3, 0.4) is 0 Å². The first-order chi connectivity index (χ1) is 13.3. The molecule has 0 aliphatic heterocycles. The summed E-state index contributed by atoms with van der Waals surface area (Å²) in [5.74, 6) is 1.49. The summed E-state index contributed by atoms with van der Waals surface area (Å²) in [6, 6.07) is 8.18. The Bertz CT molecular complexity index is 825. The Kier molecular flexibility index (Phi) is 7.80. The van der Waals surface area contributed by atoms with Crippen LogP contribution in [0.4, 0.5) is 5.69 Å². The lowest BCUT2D eigenvalue weighted by molar-refractivity contribution is -0.120. The fraction of sp³-hybridized carbons (Fsp3) is 0.350. The summed E-state index contributed by atoms with van der Waals surface area (Å²) >= 11 is 12.0. The summed E-state index contributed by atoms with van der Waals surface area (Å²) in [6.45, 7) is 2.28. The number of carbonyl (C=O) groups excluding carboxylic acids is 1. The van der Waals surface area contributed by atoms with Crippen LogP contribution in [0.25, 0.3) is 0 Å². The van der Waals surface area contributed by atoms with Gasteiger partial charge in [0, 0.05) is 27.8 Å². The van der Waals surface area contributed by atoms with Gasteiger partial charge in [-0.15, -0.1) is 0 Å². The van der Waals surface area contributed by atoms with Gasteiger partial charge in [-0.25, -0.2) is 0 Å². The zero-order valence-corrected chi connectivity index (χ0v) is 18.0. The molecule has 2 aromatic rings. The van der Waals surface area contributed by atoms with E-state index in [1.807, 2.05) is 31.0 Å². The molecule has 0 heterocycles. The molecule has 0 saturated carbocycles. The largest absolute Gasteiger partial charge is 0.493 e. The summed E-state index contributed by atoms with van der Waals surface area (Å²) in [4.78, 5) is 14.5. The smallest absolute Gasteiger partial charge is 0.241 e. The number of nitrogens with zero attached hydrogens (tertiary/aromatic N) is 1. The van der Waals surface area contributed by atoms with Crippen LogP contribution in [0.2, 0.25) is 10.0 Å². The molecule has 0 spiro atoms. The van der Waals surface area contributed by atoms with E-state index in [0.717, 1.165) is 5.56 Å². The first-order valence-electron chi connectivity index (χ1n) is 8.55. The monoisotopic (exact) mass is 426 g/mol. The SMILES string of the molecule is COc1ccc(CN(C)[C@H](C)C(=O)Nc2cc(Cl)cc(Cl)c2)c(OC)c1OC. The third-order valence-electron chi connectivity index (χ3n) is 4.38. The lowest BCUT2D eigenvalue weighted by atomic mass is 10.1. The molecule has 0 aliphatic rings. The van der Waals surface area contributed by atoms with E-state index in [-0.39, 0.29) is 5.91 Å². The van der Waals surface area contributed by atoms with Crippen molar-refractivity contribution in [2.45, 2.75) is 19.5 Å². The maximum absolute atomic E-state index is 12.6. The van der Waals surface area contributed by atoms with Crippen molar-refractivity contribution in [3.05, 3.63) is 45.9 Å². The van der Waals surface area contributed by atoms with Gasteiger partial charge in [0.25, 0.3) is 0 Å². The second-order valence-corrected chi connectivity index (χ2v) is 7.10. The number of amides is 1. The summed E-state index contributed by atoms with van der Waals surface area (Å²) in [6.07, 6.45) is 0. The zero-order valence-electron chi connectivity index (χ0n) is 16.5. The number of likely N-dealkylation sites (N-methyl/N-ethyl adjacent to an activating group) is 1. The Morgan fingerprint density at radius 1 is 1.04 bits per heavy atom. The minimum Gasteiger partial charge on any atom is -0.493 e. The Morgan fingerprint density at radius 3 is 2.18 bits per heavy atom. The second kappa shape index (κ2) is 9.87. The lowest BCUT2D eigenvalue weighted by Crippen LogP contribution is -2.39. The number of anilines is 1. The molecule has 0 bridgehead atoms. The molecular weight excluding hydrogens is 403 g/mol. The topological polar surface area (TPSA) is 60.0 Å². The van der Waals surface area contributed by atoms with E-state index in [0.29, 0.717) is 39.5 Å². The van der Waals surface area contributed by atoms with Crippen LogP contribution in [0.1, 0.15) is 12.5 Å². The van der Waals surface area contributed by atoms with Gasteiger partial charge in [-0.05, 0) is 38.2 Å². The predicted octanol–water partition coefficient (Wildman–Crippen LogP) is 4.48. The molecule has 0 radical (unpaired) electrons. The molecule has 0 unspecified atom stereocenters. The van der Waals surface area contributed by atoms with Gasteiger partial charge in [0.2, 0.25) is 11.7 Å². The van der Waals surface area contributed by atoms with Crippen LogP contribution in [0.5, 0.6) is 17.2 Å². The molecular formula is C20H24Cl2N2O4. The Balaban J connectivity index is 2.15. The Morgan fingerprint density at radius 2 is 1.64 bits per heavy atom. The molecule has 28 heavy (non-hydrogen) atoms. The summed E-state index contributed by atoms with van der Waals surface area (Å²) in [5, 5.41) is 3.75. The number of nitrogens with one attached hydrogen (secondary N) is 1.